The number of esters is 1. The molecule has 0 saturated heterocycles. The van der Waals surface area contributed by atoms with Crippen LogP contribution in [0, 0.1) is 6.92 Å². The van der Waals surface area contributed by atoms with Crippen LogP contribution in [-0.2, 0) is 9.53 Å². The molecule has 0 amide bonds. The van der Waals surface area contributed by atoms with Crippen molar-refractivity contribution in [2.24, 2.45) is 0 Å². The predicted molar refractivity (Wildman–Crippen MR) is 66.5 cm³/mol. The molecule has 1 aromatic carbocycles. The first kappa shape index (κ1) is 11.4. The van der Waals surface area contributed by atoms with Gasteiger partial charge in [0.05, 0.1) is 19.0 Å². The number of nitrogens with zero attached hydrogens (tertiary/aromatic N) is 1. The molecule has 0 saturated carbocycles. The van der Waals surface area contributed by atoms with E-state index >= 15 is 0 Å². The van der Waals surface area contributed by atoms with Crippen molar-refractivity contribution in [2.75, 3.05) is 7.11 Å². The SMILES string of the molecule is COC(=O)C/C=C/c1ccc2c(C)[nH]nc2c1. The smallest absolute Gasteiger partial charge is 0.309 e. The van der Waals surface area contributed by atoms with Gasteiger partial charge in [-0.15, -0.1) is 0 Å². The van der Waals surface area contributed by atoms with E-state index in [1.165, 1.54) is 7.11 Å². The van der Waals surface area contributed by atoms with Gasteiger partial charge >= 0.3 is 5.97 Å². The molecule has 0 unspecified atom stereocenters. The van der Waals surface area contributed by atoms with Gasteiger partial charge < -0.3 is 4.74 Å². The van der Waals surface area contributed by atoms with Crippen molar-refractivity contribution in [3.05, 3.63) is 35.5 Å². The van der Waals surface area contributed by atoms with Crippen molar-refractivity contribution >= 4 is 22.9 Å². The molecule has 4 nitrogen and oxygen atoms in total. The van der Waals surface area contributed by atoms with Crippen LogP contribution in [0.15, 0.2) is 24.3 Å². The lowest BCUT2D eigenvalue weighted by Gasteiger charge is -1.95. The second-order valence-corrected chi connectivity index (χ2v) is 3.81. The van der Waals surface area contributed by atoms with E-state index in [9.17, 15) is 4.79 Å². The van der Waals surface area contributed by atoms with E-state index in [0.717, 1.165) is 22.2 Å². The van der Waals surface area contributed by atoms with Crippen LogP contribution >= 0.6 is 0 Å². The maximum Gasteiger partial charge on any atom is 0.309 e. The molecule has 0 bridgehead atoms. The summed E-state index contributed by atoms with van der Waals surface area (Å²) < 4.78 is 4.55. The van der Waals surface area contributed by atoms with E-state index in [-0.39, 0.29) is 12.4 Å². The van der Waals surface area contributed by atoms with Gasteiger partial charge in [0.15, 0.2) is 0 Å². The highest BCUT2D eigenvalue weighted by Gasteiger charge is 2.00. The monoisotopic (exact) mass is 230 g/mol. The zero-order chi connectivity index (χ0) is 12.3. The van der Waals surface area contributed by atoms with Crippen molar-refractivity contribution in [3.8, 4) is 0 Å². The summed E-state index contributed by atoms with van der Waals surface area (Å²) in [7, 11) is 1.38. The molecule has 1 N–H and O–H groups in total. The Balaban J connectivity index is 2.17. The molecule has 0 atom stereocenters. The minimum Gasteiger partial charge on any atom is -0.469 e. The molecule has 2 aromatic rings. The summed E-state index contributed by atoms with van der Waals surface area (Å²) in [6, 6.07) is 6.00. The van der Waals surface area contributed by atoms with Gasteiger partial charge in [-0.3, -0.25) is 9.89 Å². The number of aromatic amines is 1. The fourth-order valence-corrected chi connectivity index (χ4v) is 1.64. The van der Waals surface area contributed by atoms with Gasteiger partial charge in [0.2, 0.25) is 0 Å². The summed E-state index contributed by atoms with van der Waals surface area (Å²) in [5, 5.41) is 8.25. The lowest BCUT2D eigenvalue weighted by Crippen LogP contribution is -1.96. The molecule has 0 aliphatic heterocycles. The maximum absolute atomic E-state index is 10.9. The second-order valence-electron chi connectivity index (χ2n) is 3.81. The van der Waals surface area contributed by atoms with Crippen molar-refractivity contribution in [1.82, 2.24) is 10.2 Å². The fourth-order valence-electron chi connectivity index (χ4n) is 1.64. The molecule has 88 valence electrons. The van der Waals surface area contributed by atoms with Gasteiger partial charge in [0.25, 0.3) is 0 Å². The second kappa shape index (κ2) is 4.82. The summed E-state index contributed by atoms with van der Waals surface area (Å²) in [4.78, 5) is 10.9. The average molecular weight is 230 g/mol. The normalized spacial score (nSPS) is 11.2. The molecule has 0 fully saturated rings. The minimum atomic E-state index is -0.238. The van der Waals surface area contributed by atoms with Gasteiger partial charge in [0.1, 0.15) is 0 Å². The lowest BCUT2D eigenvalue weighted by molar-refractivity contribution is -0.139. The number of carbonyl (C=O) groups is 1. The first-order valence-corrected chi connectivity index (χ1v) is 5.39. The average Bonchev–Trinajstić information content (AvgIpc) is 2.70. The number of aromatic nitrogens is 2. The van der Waals surface area contributed by atoms with E-state index in [1.807, 2.05) is 31.2 Å². The van der Waals surface area contributed by atoms with Gasteiger partial charge in [0, 0.05) is 11.1 Å². The quantitative estimate of drug-likeness (QED) is 0.824. The van der Waals surface area contributed by atoms with Crippen LogP contribution in [0.1, 0.15) is 17.7 Å². The number of nitrogens with one attached hydrogen (secondary N) is 1. The molecule has 0 aliphatic carbocycles. The lowest BCUT2D eigenvalue weighted by atomic mass is 10.1. The molecule has 0 spiro atoms. The third-order valence-electron chi connectivity index (χ3n) is 2.59. The van der Waals surface area contributed by atoms with Gasteiger partial charge in [-0.25, -0.2) is 0 Å². The number of benzene rings is 1. The van der Waals surface area contributed by atoms with Crippen LogP contribution in [0.4, 0.5) is 0 Å². The summed E-state index contributed by atoms with van der Waals surface area (Å²) >= 11 is 0. The highest BCUT2D eigenvalue weighted by atomic mass is 16.5. The van der Waals surface area contributed by atoms with E-state index < -0.39 is 0 Å². The number of ether oxygens (including phenoxy) is 1. The Morgan fingerprint density at radius 1 is 1.53 bits per heavy atom. The number of aryl methyl sites for hydroxylation is 1. The zero-order valence-electron chi connectivity index (χ0n) is 9.86. The number of fused-ring (bicyclic) bond motifs is 1. The Hall–Kier alpha value is -2.10. The zero-order valence-corrected chi connectivity index (χ0v) is 9.86. The molecule has 17 heavy (non-hydrogen) atoms. The summed E-state index contributed by atoms with van der Waals surface area (Å²) in [6.45, 7) is 1.99. The van der Waals surface area contributed by atoms with Gasteiger partial charge in [-0.1, -0.05) is 24.3 Å². The topological polar surface area (TPSA) is 55.0 Å². The third-order valence-corrected chi connectivity index (χ3v) is 2.59. The Morgan fingerprint density at radius 2 is 2.35 bits per heavy atom. The predicted octanol–water partition coefficient (Wildman–Crippen LogP) is 2.45. The van der Waals surface area contributed by atoms with Crippen LogP contribution in [0.5, 0.6) is 0 Å². The number of methoxy groups -OCH3 is 1. The Morgan fingerprint density at radius 3 is 3.12 bits per heavy atom. The van der Waals surface area contributed by atoms with Crippen LogP contribution in [0.3, 0.4) is 0 Å². The van der Waals surface area contributed by atoms with E-state index in [4.69, 9.17) is 0 Å². The minimum absolute atomic E-state index is 0.238. The molecule has 2 rings (SSSR count). The van der Waals surface area contributed by atoms with Crippen LogP contribution in [-0.4, -0.2) is 23.3 Å². The highest BCUT2D eigenvalue weighted by molar-refractivity contribution is 5.83. The molecular weight excluding hydrogens is 216 g/mol. The molecule has 0 aliphatic rings. The van der Waals surface area contributed by atoms with E-state index in [1.54, 1.807) is 6.08 Å². The molecule has 0 radical (unpaired) electrons. The Bertz CT molecular complexity index is 570. The van der Waals surface area contributed by atoms with Gasteiger partial charge in [-0.05, 0) is 18.6 Å². The van der Waals surface area contributed by atoms with Crippen molar-refractivity contribution in [2.45, 2.75) is 13.3 Å². The third kappa shape index (κ3) is 2.53. The summed E-state index contributed by atoms with van der Waals surface area (Å²) in [5.74, 6) is -0.238. The van der Waals surface area contributed by atoms with Gasteiger partial charge in [-0.2, -0.15) is 5.10 Å². The number of hydrogen-bond donors (Lipinski definition) is 1. The molecule has 4 heteroatoms. The number of carbonyl (C=O) groups excluding carboxylic acids is 1. The molecule has 1 aromatic heterocycles. The molecular formula is C13H14N2O2. The largest absolute Gasteiger partial charge is 0.469 e. The first-order chi connectivity index (χ1) is 8.20. The summed E-state index contributed by atoms with van der Waals surface area (Å²) in [6.07, 6.45) is 3.96. The number of H-pyrrole nitrogens is 1. The summed E-state index contributed by atoms with van der Waals surface area (Å²) in [5.41, 5.74) is 3.01. The number of hydrogen-bond acceptors (Lipinski definition) is 3. The first-order valence-electron chi connectivity index (χ1n) is 5.39. The standard InChI is InChI=1S/C13H14N2O2/c1-9-11-7-6-10(8-12(11)15-14-9)4-3-5-13(16)17-2/h3-4,6-8H,5H2,1-2H3,(H,14,15)/b4-3+. The van der Waals surface area contributed by atoms with E-state index in [2.05, 4.69) is 14.9 Å². The van der Waals surface area contributed by atoms with Crippen molar-refractivity contribution in [3.63, 3.8) is 0 Å². The fraction of sp³-hybridized carbons (Fsp3) is 0.231. The maximum atomic E-state index is 10.9. The Kier molecular flexibility index (Phi) is 3.23. The number of rotatable bonds is 3. The van der Waals surface area contributed by atoms with Crippen LogP contribution < -0.4 is 0 Å². The van der Waals surface area contributed by atoms with Crippen LogP contribution in [0.2, 0.25) is 0 Å². The molecule has 1 heterocycles. The van der Waals surface area contributed by atoms with Crippen molar-refractivity contribution in [1.29, 1.82) is 0 Å². The van der Waals surface area contributed by atoms with E-state index in [0.29, 0.717) is 0 Å². The highest BCUT2D eigenvalue weighted by Crippen LogP contribution is 2.17. The van der Waals surface area contributed by atoms with Crippen molar-refractivity contribution < 1.29 is 9.53 Å². The Labute approximate surface area is 99.3 Å². The van der Waals surface area contributed by atoms with Crippen LogP contribution in [0.25, 0.3) is 17.0 Å².